The summed E-state index contributed by atoms with van der Waals surface area (Å²) in [7, 11) is 0. The summed E-state index contributed by atoms with van der Waals surface area (Å²) in [4.78, 5) is 0. The molecule has 0 aliphatic rings. The Kier molecular flexibility index (Phi) is 12.6. The summed E-state index contributed by atoms with van der Waals surface area (Å²) in [5.41, 5.74) is 0. The zero-order valence-corrected chi connectivity index (χ0v) is 11.5. The van der Waals surface area contributed by atoms with Crippen molar-refractivity contribution in [2.45, 2.75) is 78.1 Å². The molecule has 0 spiro atoms. The van der Waals surface area contributed by atoms with Gasteiger partial charge in [-0.25, -0.2) is 0 Å². The Morgan fingerprint density at radius 2 is 1.33 bits per heavy atom. The monoisotopic (exact) mass is 232 g/mol. The summed E-state index contributed by atoms with van der Waals surface area (Å²) in [6, 6.07) is 0. The van der Waals surface area contributed by atoms with E-state index in [9.17, 15) is 0 Å². The molecule has 15 heavy (non-hydrogen) atoms. The third-order valence-electron chi connectivity index (χ3n) is 3.13. The van der Waals surface area contributed by atoms with E-state index in [1.54, 1.807) is 0 Å². The zero-order valence-electron chi connectivity index (χ0n) is 10.7. The van der Waals surface area contributed by atoms with E-state index in [-0.39, 0.29) is 0 Å². The van der Waals surface area contributed by atoms with Gasteiger partial charge in [0.15, 0.2) is 0 Å². The van der Waals surface area contributed by atoms with Gasteiger partial charge in [0.1, 0.15) is 0 Å². The highest BCUT2D eigenvalue weighted by atomic mass is 35.5. The first-order valence-electron chi connectivity index (χ1n) is 6.91. The fraction of sp³-hybridized carbons (Fsp3) is 1.00. The van der Waals surface area contributed by atoms with Crippen LogP contribution < -0.4 is 0 Å². The molecule has 0 aliphatic heterocycles. The lowest BCUT2D eigenvalue weighted by molar-refractivity contribution is 0.455. The van der Waals surface area contributed by atoms with Crippen LogP contribution >= 0.6 is 11.6 Å². The summed E-state index contributed by atoms with van der Waals surface area (Å²) >= 11 is 5.93. The van der Waals surface area contributed by atoms with Crippen LogP contribution in [0.15, 0.2) is 0 Å². The summed E-state index contributed by atoms with van der Waals surface area (Å²) in [5, 5.41) is 0. The van der Waals surface area contributed by atoms with Crippen molar-refractivity contribution < 1.29 is 0 Å². The summed E-state index contributed by atoms with van der Waals surface area (Å²) in [6.07, 6.45) is 13.8. The molecule has 0 rings (SSSR count). The Balaban J connectivity index is 3.14. The molecule has 0 nitrogen and oxygen atoms in total. The molecule has 0 N–H and O–H groups in total. The van der Waals surface area contributed by atoms with Crippen molar-refractivity contribution in [3.05, 3.63) is 0 Å². The fourth-order valence-corrected chi connectivity index (χ4v) is 2.41. The van der Waals surface area contributed by atoms with E-state index in [2.05, 4.69) is 13.8 Å². The highest BCUT2D eigenvalue weighted by Gasteiger charge is 2.05. The Morgan fingerprint density at radius 1 is 0.733 bits per heavy atom. The first kappa shape index (κ1) is 15.3. The number of halogens is 1. The van der Waals surface area contributed by atoms with Crippen molar-refractivity contribution in [2.24, 2.45) is 5.92 Å². The van der Waals surface area contributed by atoms with Gasteiger partial charge in [0.25, 0.3) is 0 Å². The number of hydrogen-bond donors (Lipinski definition) is 0. The molecule has 0 aliphatic carbocycles. The zero-order chi connectivity index (χ0) is 11.4. The van der Waals surface area contributed by atoms with Crippen molar-refractivity contribution in [3.63, 3.8) is 0 Å². The molecule has 1 unspecified atom stereocenters. The van der Waals surface area contributed by atoms with Crippen LogP contribution in [0.3, 0.4) is 0 Å². The van der Waals surface area contributed by atoms with Gasteiger partial charge < -0.3 is 0 Å². The number of rotatable bonds is 11. The van der Waals surface area contributed by atoms with Gasteiger partial charge in [0, 0.05) is 5.88 Å². The van der Waals surface area contributed by atoms with Crippen LogP contribution in [0.5, 0.6) is 0 Å². The molecule has 0 saturated carbocycles. The van der Waals surface area contributed by atoms with Gasteiger partial charge in [-0.1, -0.05) is 65.2 Å². The molecule has 0 bridgehead atoms. The van der Waals surface area contributed by atoms with E-state index in [0.717, 1.165) is 11.8 Å². The normalized spacial score (nSPS) is 13.0. The minimum absolute atomic E-state index is 0.785. The average Bonchev–Trinajstić information content (AvgIpc) is 2.26. The van der Waals surface area contributed by atoms with Crippen LogP contribution in [0, 0.1) is 5.92 Å². The molecule has 0 heterocycles. The van der Waals surface area contributed by atoms with E-state index >= 15 is 0 Å². The van der Waals surface area contributed by atoms with E-state index in [4.69, 9.17) is 11.6 Å². The van der Waals surface area contributed by atoms with Gasteiger partial charge in [-0.05, 0) is 18.8 Å². The van der Waals surface area contributed by atoms with Gasteiger partial charge in [0.2, 0.25) is 0 Å². The second-order valence-corrected chi connectivity index (χ2v) is 5.03. The lowest BCUT2D eigenvalue weighted by Crippen LogP contribution is -2.01. The van der Waals surface area contributed by atoms with Crippen LogP contribution in [0.25, 0.3) is 0 Å². The number of alkyl halides is 1. The van der Waals surface area contributed by atoms with Crippen LogP contribution in [-0.2, 0) is 0 Å². The van der Waals surface area contributed by atoms with Crippen molar-refractivity contribution >= 4 is 11.6 Å². The van der Waals surface area contributed by atoms with Crippen molar-refractivity contribution in [1.82, 2.24) is 0 Å². The average molecular weight is 233 g/mol. The number of unbranched alkanes of at least 4 members (excludes halogenated alkanes) is 6. The van der Waals surface area contributed by atoms with Crippen molar-refractivity contribution in [3.8, 4) is 0 Å². The predicted molar refractivity (Wildman–Crippen MR) is 71.7 cm³/mol. The Bertz CT molecular complexity index is 112. The maximum absolute atomic E-state index is 5.93. The fourth-order valence-electron chi connectivity index (χ4n) is 2.10. The van der Waals surface area contributed by atoms with E-state index in [1.807, 2.05) is 0 Å². The highest BCUT2D eigenvalue weighted by Crippen LogP contribution is 2.18. The number of hydrogen-bond acceptors (Lipinski definition) is 0. The molecule has 1 heteroatoms. The smallest absolute Gasteiger partial charge is 0.0251 e. The summed E-state index contributed by atoms with van der Waals surface area (Å²) < 4.78 is 0. The van der Waals surface area contributed by atoms with Gasteiger partial charge >= 0.3 is 0 Å². The van der Waals surface area contributed by atoms with Crippen LogP contribution in [0.4, 0.5) is 0 Å². The SMILES string of the molecule is CCCCCCCCCC(CCl)CCC. The Hall–Kier alpha value is 0.290. The standard InChI is InChI=1S/C14H29Cl/c1-3-5-6-7-8-9-10-12-14(13-15)11-4-2/h14H,3-13H2,1-2H3. The largest absolute Gasteiger partial charge is 0.126 e. The Morgan fingerprint density at radius 3 is 1.87 bits per heavy atom. The molecule has 0 aromatic carbocycles. The second-order valence-electron chi connectivity index (χ2n) is 4.72. The molecule has 92 valence electrons. The van der Waals surface area contributed by atoms with E-state index < -0.39 is 0 Å². The summed E-state index contributed by atoms with van der Waals surface area (Å²) in [5.74, 6) is 1.65. The molecule has 0 fully saturated rings. The van der Waals surface area contributed by atoms with Crippen LogP contribution in [0.2, 0.25) is 0 Å². The maximum atomic E-state index is 5.93. The molecule has 0 aromatic heterocycles. The minimum Gasteiger partial charge on any atom is -0.126 e. The van der Waals surface area contributed by atoms with E-state index in [0.29, 0.717) is 0 Å². The van der Waals surface area contributed by atoms with Gasteiger partial charge in [-0.3, -0.25) is 0 Å². The maximum Gasteiger partial charge on any atom is 0.0251 e. The molecule has 0 aromatic rings. The quantitative estimate of drug-likeness (QED) is 0.313. The molecule has 1 atom stereocenters. The molecular formula is C14H29Cl. The van der Waals surface area contributed by atoms with E-state index in [1.165, 1.54) is 64.2 Å². The van der Waals surface area contributed by atoms with Gasteiger partial charge in [-0.15, -0.1) is 11.6 Å². The topological polar surface area (TPSA) is 0 Å². The van der Waals surface area contributed by atoms with Crippen molar-refractivity contribution in [1.29, 1.82) is 0 Å². The van der Waals surface area contributed by atoms with Crippen molar-refractivity contribution in [2.75, 3.05) is 5.88 Å². The first-order valence-corrected chi connectivity index (χ1v) is 7.44. The van der Waals surface area contributed by atoms with Gasteiger partial charge in [0.05, 0.1) is 0 Å². The van der Waals surface area contributed by atoms with Crippen LogP contribution in [0.1, 0.15) is 78.1 Å². The second kappa shape index (κ2) is 12.4. The van der Waals surface area contributed by atoms with Crippen LogP contribution in [-0.4, -0.2) is 5.88 Å². The summed E-state index contributed by atoms with van der Waals surface area (Å²) in [6.45, 7) is 4.53. The molecule has 0 saturated heterocycles. The third-order valence-corrected chi connectivity index (χ3v) is 3.57. The predicted octanol–water partition coefficient (Wildman–Crippen LogP) is 5.78. The molecular weight excluding hydrogens is 204 g/mol. The first-order chi connectivity index (χ1) is 7.35. The minimum atomic E-state index is 0.785. The Labute approximate surface area is 102 Å². The lowest BCUT2D eigenvalue weighted by Gasteiger charge is -2.11. The molecule has 0 amide bonds. The molecule has 0 radical (unpaired) electrons. The van der Waals surface area contributed by atoms with Gasteiger partial charge in [-0.2, -0.15) is 0 Å². The lowest BCUT2D eigenvalue weighted by atomic mass is 9.98. The third kappa shape index (κ3) is 10.6. The highest BCUT2D eigenvalue weighted by molar-refractivity contribution is 6.18.